The van der Waals surface area contributed by atoms with Crippen LogP contribution in [0, 0.1) is 17.6 Å². The molecule has 10 heteroatoms. The third-order valence-corrected chi connectivity index (χ3v) is 5.47. The van der Waals surface area contributed by atoms with Gasteiger partial charge in [0.15, 0.2) is 11.6 Å². The Morgan fingerprint density at radius 1 is 1.14 bits per heavy atom. The van der Waals surface area contributed by atoms with Crippen LogP contribution < -0.4 is 4.90 Å². The van der Waals surface area contributed by atoms with Crippen molar-refractivity contribution in [1.82, 2.24) is 9.88 Å². The van der Waals surface area contributed by atoms with Crippen LogP contribution >= 0.6 is 23.2 Å². The summed E-state index contributed by atoms with van der Waals surface area (Å²) >= 11 is 11.4. The van der Waals surface area contributed by atoms with Gasteiger partial charge in [0.05, 0.1) is 23.3 Å². The van der Waals surface area contributed by atoms with E-state index in [9.17, 15) is 18.4 Å². The maximum atomic E-state index is 14.3. The largest absolute Gasteiger partial charge is 0.380 e. The minimum absolute atomic E-state index is 0.0181. The maximum absolute atomic E-state index is 14.3. The number of benzene rings is 1. The number of halogens is 4. The van der Waals surface area contributed by atoms with Crippen LogP contribution in [0.3, 0.4) is 0 Å². The Morgan fingerprint density at radius 3 is 2.52 bits per heavy atom. The molecule has 29 heavy (non-hydrogen) atoms. The normalized spacial score (nSPS) is 20.2. The number of anilines is 1. The molecule has 2 aliphatic heterocycles. The van der Waals surface area contributed by atoms with Gasteiger partial charge in [0.2, 0.25) is 5.91 Å². The van der Waals surface area contributed by atoms with E-state index >= 15 is 0 Å². The van der Waals surface area contributed by atoms with Gasteiger partial charge >= 0.3 is 0 Å². The van der Waals surface area contributed by atoms with Gasteiger partial charge in [-0.1, -0.05) is 29.3 Å². The van der Waals surface area contributed by atoms with E-state index in [1.54, 1.807) is 6.07 Å². The Bertz CT molecular complexity index is 987. The lowest BCUT2D eigenvalue weighted by molar-refractivity contribution is -0.155. The minimum Gasteiger partial charge on any atom is -0.380 e. The van der Waals surface area contributed by atoms with Crippen molar-refractivity contribution in [2.75, 3.05) is 24.7 Å². The molecule has 0 radical (unpaired) electrons. The Labute approximate surface area is 175 Å². The average molecular weight is 442 g/mol. The summed E-state index contributed by atoms with van der Waals surface area (Å²) in [6.07, 6.45) is 1.21. The van der Waals surface area contributed by atoms with Gasteiger partial charge in [-0.2, -0.15) is 0 Å². The highest BCUT2D eigenvalue weighted by Gasteiger charge is 2.47. The summed E-state index contributed by atoms with van der Waals surface area (Å²) in [6.45, 7) is 0.216. The highest BCUT2D eigenvalue weighted by Crippen LogP contribution is 2.31. The molecule has 0 bridgehead atoms. The van der Waals surface area contributed by atoms with E-state index in [1.807, 2.05) is 0 Å². The van der Waals surface area contributed by atoms with Gasteiger partial charge in [-0.3, -0.25) is 14.5 Å². The number of pyridine rings is 1. The monoisotopic (exact) mass is 441 g/mol. The van der Waals surface area contributed by atoms with E-state index in [0.29, 0.717) is 18.8 Å². The molecule has 2 amide bonds. The quantitative estimate of drug-likeness (QED) is 0.731. The molecule has 6 nitrogen and oxygen atoms in total. The molecule has 2 saturated heterocycles. The molecule has 0 spiro atoms. The van der Waals surface area contributed by atoms with Crippen molar-refractivity contribution in [3.05, 3.63) is 57.7 Å². The molecular weight excluding hydrogens is 427 g/mol. The Balaban J connectivity index is 1.66. The van der Waals surface area contributed by atoms with E-state index in [1.165, 1.54) is 23.2 Å². The summed E-state index contributed by atoms with van der Waals surface area (Å²) in [7, 11) is 0. The summed E-state index contributed by atoms with van der Waals surface area (Å²) in [5.41, 5.74) is 0.488. The predicted octanol–water partition coefficient (Wildman–Crippen LogP) is 3.06. The van der Waals surface area contributed by atoms with Crippen LogP contribution in [0.15, 0.2) is 30.5 Å². The number of nitrogens with zero attached hydrogens (tertiary/aromatic N) is 3. The van der Waals surface area contributed by atoms with Crippen LogP contribution in [-0.4, -0.2) is 47.5 Å². The van der Waals surface area contributed by atoms with E-state index < -0.39 is 29.5 Å². The van der Waals surface area contributed by atoms with Crippen LogP contribution in [0.2, 0.25) is 10.0 Å². The fraction of sp³-hybridized carbons (Fsp3) is 0.316. The summed E-state index contributed by atoms with van der Waals surface area (Å²) in [5.74, 6) is -2.79. The third kappa shape index (κ3) is 3.80. The third-order valence-electron chi connectivity index (χ3n) is 4.96. The zero-order valence-corrected chi connectivity index (χ0v) is 16.5. The lowest BCUT2D eigenvalue weighted by Gasteiger charge is -2.45. The molecule has 2 fully saturated rings. The Morgan fingerprint density at radius 2 is 1.90 bits per heavy atom. The van der Waals surface area contributed by atoms with Crippen molar-refractivity contribution in [3.63, 3.8) is 0 Å². The summed E-state index contributed by atoms with van der Waals surface area (Å²) in [4.78, 5) is 32.4. The predicted molar refractivity (Wildman–Crippen MR) is 102 cm³/mol. The summed E-state index contributed by atoms with van der Waals surface area (Å²) in [5, 5.41) is 0.0478. The number of piperazine rings is 1. The second-order valence-corrected chi connectivity index (χ2v) is 7.74. The molecule has 0 aliphatic carbocycles. The first-order valence-electron chi connectivity index (χ1n) is 8.78. The lowest BCUT2D eigenvalue weighted by Crippen LogP contribution is -2.65. The fourth-order valence-corrected chi connectivity index (χ4v) is 3.71. The van der Waals surface area contributed by atoms with Gasteiger partial charge in [-0.05, 0) is 23.8 Å². The molecule has 4 rings (SSSR count). The van der Waals surface area contributed by atoms with E-state index in [4.69, 9.17) is 27.9 Å². The number of carbonyl (C=O) groups excluding carboxylic acids is 2. The molecule has 0 saturated carbocycles. The molecule has 0 N–H and O–H groups in total. The molecular formula is C19H15Cl2F2N3O3. The highest BCUT2D eigenvalue weighted by atomic mass is 35.5. The second kappa shape index (κ2) is 7.85. The van der Waals surface area contributed by atoms with E-state index in [-0.39, 0.29) is 34.9 Å². The number of amides is 2. The molecule has 2 aliphatic rings. The van der Waals surface area contributed by atoms with Crippen LogP contribution in [0.5, 0.6) is 0 Å². The zero-order chi connectivity index (χ0) is 20.7. The smallest absolute Gasteiger partial charge is 0.251 e. The molecule has 3 heterocycles. The van der Waals surface area contributed by atoms with Crippen molar-refractivity contribution < 1.29 is 23.1 Å². The first-order valence-corrected chi connectivity index (χ1v) is 9.54. The number of aromatic nitrogens is 1. The van der Waals surface area contributed by atoms with Crippen molar-refractivity contribution in [3.8, 4) is 0 Å². The van der Waals surface area contributed by atoms with Gasteiger partial charge in [0, 0.05) is 18.7 Å². The summed E-state index contributed by atoms with van der Waals surface area (Å²) < 4.78 is 33.3. The highest BCUT2D eigenvalue weighted by molar-refractivity contribution is 6.30. The topological polar surface area (TPSA) is 62.7 Å². The number of hydrogen-bond donors (Lipinski definition) is 0. The first-order chi connectivity index (χ1) is 13.8. The van der Waals surface area contributed by atoms with Crippen LogP contribution in [0.4, 0.5) is 14.6 Å². The van der Waals surface area contributed by atoms with E-state index in [0.717, 1.165) is 11.0 Å². The molecule has 1 aromatic heterocycles. The SMILES string of the molecule is O=C1[C@@H](C2COC2)N(Cc2ccc(Cl)c(F)c2)C(=O)CN1c1ncc(Cl)cc1F. The van der Waals surface area contributed by atoms with Crippen LogP contribution in [-0.2, 0) is 20.9 Å². The maximum Gasteiger partial charge on any atom is 0.251 e. The van der Waals surface area contributed by atoms with Gasteiger partial charge in [-0.15, -0.1) is 0 Å². The first kappa shape index (κ1) is 20.0. The lowest BCUT2D eigenvalue weighted by atomic mass is 9.92. The Hall–Kier alpha value is -2.29. The molecule has 1 atom stereocenters. The van der Waals surface area contributed by atoms with Crippen molar-refractivity contribution >= 4 is 40.8 Å². The average Bonchev–Trinajstić information content (AvgIpc) is 2.62. The number of carbonyl (C=O) groups is 2. The number of ether oxygens (including phenoxy) is 1. The molecule has 2 aromatic rings. The van der Waals surface area contributed by atoms with E-state index in [2.05, 4.69) is 4.98 Å². The minimum atomic E-state index is -0.874. The van der Waals surface area contributed by atoms with Gasteiger partial charge in [0.25, 0.3) is 5.91 Å². The Kier molecular flexibility index (Phi) is 5.42. The molecule has 0 unspecified atom stereocenters. The van der Waals surface area contributed by atoms with Gasteiger partial charge in [0.1, 0.15) is 18.4 Å². The zero-order valence-electron chi connectivity index (χ0n) is 14.9. The number of hydrogen-bond acceptors (Lipinski definition) is 4. The van der Waals surface area contributed by atoms with Gasteiger partial charge in [-0.25, -0.2) is 13.8 Å². The van der Waals surface area contributed by atoms with Crippen molar-refractivity contribution in [2.24, 2.45) is 5.92 Å². The standard InChI is InChI=1S/C19H15Cl2F2N3O3/c20-12-4-15(23)18(24-5-12)26-7-16(27)25(17(19(26)28)11-8-29-9-11)6-10-1-2-13(21)14(22)3-10/h1-5,11,17H,6-9H2/t17-/m1/s1. The van der Waals surface area contributed by atoms with Crippen LogP contribution in [0.25, 0.3) is 0 Å². The fourth-order valence-electron chi connectivity index (χ4n) is 3.45. The van der Waals surface area contributed by atoms with Crippen LogP contribution in [0.1, 0.15) is 5.56 Å². The summed E-state index contributed by atoms with van der Waals surface area (Å²) in [6, 6.07) is 4.36. The van der Waals surface area contributed by atoms with Crippen molar-refractivity contribution in [1.29, 1.82) is 0 Å². The van der Waals surface area contributed by atoms with Gasteiger partial charge < -0.3 is 9.64 Å². The van der Waals surface area contributed by atoms with Crippen molar-refractivity contribution in [2.45, 2.75) is 12.6 Å². The number of rotatable bonds is 4. The second-order valence-electron chi connectivity index (χ2n) is 6.90. The molecule has 1 aromatic carbocycles. The molecule has 152 valence electrons.